The quantitative estimate of drug-likeness (QED) is 0.795. The number of aryl methyl sites for hydroxylation is 1. The highest BCUT2D eigenvalue weighted by atomic mass is 32.1. The number of hydrogen-bond donors (Lipinski definition) is 0. The first kappa shape index (κ1) is 15.2. The van der Waals surface area contributed by atoms with Crippen LogP contribution in [0.4, 0.5) is 0 Å². The molecule has 0 spiro atoms. The molecule has 0 unspecified atom stereocenters. The van der Waals surface area contributed by atoms with Crippen molar-refractivity contribution in [3.8, 4) is 0 Å². The predicted molar refractivity (Wildman–Crippen MR) is 80.0 cm³/mol. The molecule has 0 aliphatic carbocycles. The number of ether oxygens (including phenoxy) is 1. The Morgan fingerprint density at radius 3 is 2.57 bits per heavy atom. The number of methoxy groups -OCH3 is 1. The molecular formula is C15H16N2O3S. The van der Waals surface area contributed by atoms with Gasteiger partial charge in [-0.05, 0) is 12.5 Å². The largest absolute Gasteiger partial charge is 0.468 e. The van der Waals surface area contributed by atoms with Crippen molar-refractivity contribution in [3.05, 3.63) is 52.0 Å². The molecule has 0 saturated heterocycles. The summed E-state index contributed by atoms with van der Waals surface area (Å²) in [5.41, 5.74) is 1.30. The van der Waals surface area contributed by atoms with Gasteiger partial charge < -0.3 is 9.64 Å². The van der Waals surface area contributed by atoms with E-state index in [1.54, 1.807) is 5.38 Å². The maximum Gasteiger partial charge on any atom is 0.325 e. The molecule has 0 bridgehead atoms. The number of aromatic nitrogens is 1. The van der Waals surface area contributed by atoms with Gasteiger partial charge in [-0.1, -0.05) is 30.3 Å². The first-order valence-electron chi connectivity index (χ1n) is 6.42. The summed E-state index contributed by atoms with van der Waals surface area (Å²) in [6.45, 7) is 2.08. The maximum absolute atomic E-state index is 12.5. The van der Waals surface area contributed by atoms with Crippen LogP contribution >= 0.6 is 11.3 Å². The fraction of sp³-hybridized carbons (Fsp3) is 0.267. The number of esters is 1. The van der Waals surface area contributed by atoms with Crippen LogP contribution in [0.25, 0.3) is 0 Å². The van der Waals surface area contributed by atoms with Gasteiger partial charge in [-0.2, -0.15) is 0 Å². The van der Waals surface area contributed by atoms with Gasteiger partial charge in [0.15, 0.2) is 0 Å². The van der Waals surface area contributed by atoms with Crippen LogP contribution < -0.4 is 0 Å². The molecule has 1 heterocycles. The lowest BCUT2D eigenvalue weighted by Gasteiger charge is -2.20. The summed E-state index contributed by atoms with van der Waals surface area (Å²) in [5.74, 6) is -0.722. The highest BCUT2D eigenvalue weighted by molar-refractivity contribution is 7.09. The first-order valence-corrected chi connectivity index (χ1v) is 7.30. The molecule has 0 aliphatic heterocycles. The van der Waals surface area contributed by atoms with Gasteiger partial charge in [0.1, 0.15) is 12.2 Å². The molecule has 1 aromatic carbocycles. The molecule has 1 amide bonds. The number of carbonyl (C=O) groups excluding carboxylic acids is 2. The van der Waals surface area contributed by atoms with Crippen LogP contribution in [-0.2, 0) is 16.1 Å². The average molecular weight is 304 g/mol. The molecule has 0 fully saturated rings. The topological polar surface area (TPSA) is 59.5 Å². The standard InChI is InChI=1S/C15H16N2O3S/c1-11-16-13(10-21-11)15(19)17(9-14(18)20-2)8-12-6-4-3-5-7-12/h3-7,10H,8-9H2,1-2H3. The number of hydrogen-bond acceptors (Lipinski definition) is 5. The molecule has 0 radical (unpaired) electrons. The zero-order valence-electron chi connectivity index (χ0n) is 11.9. The number of nitrogens with zero attached hydrogens (tertiary/aromatic N) is 2. The SMILES string of the molecule is COC(=O)CN(Cc1ccccc1)C(=O)c1csc(C)n1. The number of carbonyl (C=O) groups is 2. The van der Waals surface area contributed by atoms with Gasteiger partial charge in [0.2, 0.25) is 0 Å². The van der Waals surface area contributed by atoms with Crippen molar-refractivity contribution in [3.63, 3.8) is 0 Å². The van der Waals surface area contributed by atoms with E-state index in [1.807, 2.05) is 37.3 Å². The minimum absolute atomic E-state index is 0.0964. The fourth-order valence-electron chi connectivity index (χ4n) is 1.85. The highest BCUT2D eigenvalue weighted by Gasteiger charge is 2.21. The summed E-state index contributed by atoms with van der Waals surface area (Å²) in [6, 6.07) is 9.50. The van der Waals surface area contributed by atoms with Crippen molar-refractivity contribution in [1.29, 1.82) is 0 Å². The summed E-state index contributed by atoms with van der Waals surface area (Å²) in [6.07, 6.45) is 0. The highest BCUT2D eigenvalue weighted by Crippen LogP contribution is 2.13. The van der Waals surface area contributed by atoms with E-state index in [9.17, 15) is 9.59 Å². The lowest BCUT2D eigenvalue weighted by molar-refractivity contribution is -0.141. The molecule has 21 heavy (non-hydrogen) atoms. The van der Waals surface area contributed by atoms with E-state index in [0.29, 0.717) is 12.2 Å². The van der Waals surface area contributed by atoms with Crippen LogP contribution in [0.5, 0.6) is 0 Å². The molecule has 6 heteroatoms. The minimum atomic E-state index is -0.453. The summed E-state index contributed by atoms with van der Waals surface area (Å²) in [4.78, 5) is 29.6. The van der Waals surface area contributed by atoms with Gasteiger partial charge in [-0.25, -0.2) is 4.98 Å². The van der Waals surface area contributed by atoms with E-state index in [2.05, 4.69) is 9.72 Å². The Labute approximate surface area is 127 Å². The monoisotopic (exact) mass is 304 g/mol. The molecule has 2 aromatic rings. The second-order valence-corrected chi connectivity index (χ2v) is 5.54. The minimum Gasteiger partial charge on any atom is -0.468 e. The van der Waals surface area contributed by atoms with Gasteiger partial charge in [0.05, 0.1) is 12.1 Å². The summed E-state index contributed by atoms with van der Waals surface area (Å²) >= 11 is 1.41. The zero-order valence-corrected chi connectivity index (χ0v) is 12.7. The van der Waals surface area contributed by atoms with Gasteiger partial charge in [-0.3, -0.25) is 9.59 Å². The molecule has 0 N–H and O–H groups in total. The van der Waals surface area contributed by atoms with E-state index in [-0.39, 0.29) is 12.5 Å². The Bertz CT molecular complexity index is 625. The predicted octanol–water partition coefficient (Wildman–Crippen LogP) is 2.27. The van der Waals surface area contributed by atoms with E-state index >= 15 is 0 Å². The lowest BCUT2D eigenvalue weighted by Crippen LogP contribution is -2.36. The van der Waals surface area contributed by atoms with Gasteiger partial charge in [-0.15, -0.1) is 11.3 Å². The summed E-state index contributed by atoms with van der Waals surface area (Å²) < 4.78 is 4.66. The van der Waals surface area contributed by atoms with Crippen LogP contribution in [0, 0.1) is 6.92 Å². The van der Waals surface area contributed by atoms with Gasteiger partial charge >= 0.3 is 5.97 Å². The van der Waals surface area contributed by atoms with Crippen molar-refractivity contribution in [2.75, 3.05) is 13.7 Å². The third kappa shape index (κ3) is 4.13. The Balaban J connectivity index is 2.19. The summed E-state index contributed by atoms with van der Waals surface area (Å²) in [7, 11) is 1.31. The number of benzene rings is 1. The maximum atomic E-state index is 12.5. The third-order valence-electron chi connectivity index (χ3n) is 2.89. The van der Waals surface area contributed by atoms with E-state index < -0.39 is 5.97 Å². The van der Waals surface area contributed by atoms with Crippen molar-refractivity contribution < 1.29 is 14.3 Å². The Kier molecular flexibility index (Phi) is 5.05. The molecule has 0 saturated carbocycles. The van der Waals surface area contributed by atoms with Gasteiger partial charge in [0.25, 0.3) is 5.91 Å². The van der Waals surface area contributed by atoms with E-state index in [4.69, 9.17) is 0 Å². The Morgan fingerprint density at radius 2 is 2.00 bits per heavy atom. The second-order valence-electron chi connectivity index (χ2n) is 4.47. The van der Waals surface area contributed by atoms with E-state index in [0.717, 1.165) is 10.6 Å². The molecule has 0 atom stereocenters. The van der Waals surface area contributed by atoms with E-state index in [1.165, 1.54) is 23.3 Å². The van der Waals surface area contributed by atoms with Gasteiger partial charge in [0, 0.05) is 11.9 Å². The van der Waals surface area contributed by atoms with Crippen LogP contribution in [-0.4, -0.2) is 35.4 Å². The Morgan fingerprint density at radius 1 is 1.29 bits per heavy atom. The second kappa shape index (κ2) is 6.99. The fourth-order valence-corrected chi connectivity index (χ4v) is 2.43. The summed E-state index contributed by atoms with van der Waals surface area (Å²) in [5, 5.41) is 2.52. The normalized spacial score (nSPS) is 10.2. The smallest absolute Gasteiger partial charge is 0.325 e. The van der Waals surface area contributed by atoms with Crippen LogP contribution in [0.15, 0.2) is 35.7 Å². The van der Waals surface area contributed by atoms with Crippen LogP contribution in [0.1, 0.15) is 21.1 Å². The van der Waals surface area contributed by atoms with Crippen molar-refractivity contribution in [1.82, 2.24) is 9.88 Å². The number of amides is 1. The zero-order chi connectivity index (χ0) is 15.2. The van der Waals surface area contributed by atoms with Crippen molar-refractivity contribution in [2.45, 2.75) is 13.5 Å². The van der Waals surface area contributed by atoms with Crippen molar-refractivity contribution >= 4 is 23.2 Å². The Hall–Kier alpha value is -2.21. The van der Waals surface area contributed by atoms with Crippen LogP contribution in [0.2, 0.25) is 0 Å². The number of thiazole rings is 1. The molecule has 110 valence electrons. The molecule has 2 rings (SSSR count). The third-order valence-corrected chi connectivity index (χ3v) is 3.66. The first-order chi connectivity index (χ1) is 10.1. The molecule has 5 nitrogen and oxygen atoms in total. The molecule has 0 aliphatic rings. The number of rotatable bonds is 5. The molecular weight excluding hydrogens is 288 g/mol. The lowest BCUT2D eigenvalue weighted by atomic mass is 10.2. The average Bonchev–Trinajstić information content (AvgIpc) is 2.93. The molecule has 1 aromatic heterocycles. The van der Waals surface area contributed by atoms with Crippen LogP contribution in [0.3, 0.4) is 0 Å². The van der Waals surface area contributed by atoms with Crippen molar-refractivity contribution in [2.24, 2.45) is 0 Å².